The zero-order valence-electron chi connectivity index (χ0n) is 15.0. The van der Waals surface area contributed by atoms with Crippen molar-refractivity contribution in [2.75, 3.05) is 20.1 Å². The molecule has 0 bridgehead atoms. The van der Waals surface area contributed by atoms with E-state index in [4.69, 9.17) is 0 Å². The van der Waals surface area contributed by atoms with Crippen LogP contribution in [0, 0.1) is 5.92 Å². The fourth-order valence-corrected chi connectivity index (χ4v) is 3.26. The molecule has 1 aliphatic rings. The average Bonchev–Trinajstić information content (AvgIpc) is 2.59. The Labute approximate surface area is 150 Å². The molecule has 2 rings (SSSR count). The van der Waals surface area contributed by atoms with Gasteiger partial charge in [-0.3, -0.25) is 9.59 Å². The van der Waals surface area contributed by atoms with E-state index in [0.717, 1.165) is 4.90 Å². The van der Waals surface area contributed by atoms with Crippen LogP contribution >= 0.6 is 0 Å². The minimum atomic E-state index is -5.04. The first-order valence-electron chi connectivity index (χ1n) is 8.37. The van der Waals surface area contributed by atoms with Gasteiger partial charge in [0.25, 0.3) is 11.8 Å². The minimum absolute atomic E-state index is 0.0438. The molecule has 0 radical (unpaired) electrons. The van der Waals surface area contributed by atoms with Crippen LogP contribution in [-0.4, -0.2) is 64.7 Å². The van der Waals surface area contributed by atoms with Crippen molar-refractivity contribution < 1.29 is 27.9 Å². The monoisotopic (exact) mass is 372 g/mol. The molecule has 0 saturated carbocycles. The van der Waals surface area contributed by atoms with E-state index >= 15 is 0 Å². The molecule has 1 aromatic carbocycles. The summed E-state index contributed by atoms with van der Waals surface area (Å²) in [6.45, 7) is 2.34. The number of amides is 2. The number of carbonyl (C=O) groups is 2. The predicted molar refractivity (Wildman–Crippen MR) is 89.4 cm³/mol. The van der Waals surface area contributed by atoms with Gasteiger partial charge in [-0.15, -0.1) is 0 Å². The summed E-state index contributed by atoms with van der Waals surface area (Å²) in [5.41, 5.74) is -2.88. The quantitative estimate of drug-likeness (QED) is 0.886. The van der Waals surface area contributed by atoms with Crippen LogP contribution in [0.2, 0.25) is 0 Å². The summed E-state index contributed by atoms with van der Waals surface area (Å²) in [6.07, 6.45) is -4.69. The lowest BCUT2D eigenvalue weighted by atomic mass is 9.90. The van der Waals surface area contributed by atoms with Gasteiger partial charge < -0.3 is 14.9 Å². The van der Waals surface area contributed by atoms with E-state index in [0.29, 0.717) is 18.9 Å². The molecule has 3 atom stereocenters. The van der Waals surface area contributed by atoms with Gasteiger partial charge in [0.15, 0.2) is 0 Å². The molecule has 2 amide bonds. The maximum atomic E-state index is 12.9. The molecule has 1 N–H and O–H groups in total. The van der Waals surface area contributed by atoms with Crippen LogP contribution < -0.4 is 0 Å². The number of carbonyl (C=O) groups excluding carboxylic acids is 2. The van der Waals surface area contributed by atoms with Gasteiger partial charge in [0, 0.05) is 31.7 Å². The second kappa shape index (κ2) is 7.26. The van der Waals surface area contributed by atoms with E-state index in [9.17, 15) is 27.9 Å². The standard InChI is InChI=1S/C18H23F3N2O3/c1-12-11-23(16(25)17(2,26)18(19,20)21)10-9-14(12)22(3)15(24)13-7-5-4-6-8-13/h4-8,12,14,26H,9-11H2,1-3H3/t12-,14+,17+/m0/s1. The highest BCUT2D eigenvalue weighted by molar-refractivity contribution is 5.94. The van der Waals surface area contributed by atoms with E-state index in [1.807, 2.05) is 0 Å². The van der Waals surface area contributed by atoms with Crippen molar-refractivity contribution >= 4 is 11.8 Å². The molecule has 5 nitrogen and oxygen atoms in total. The second-order valence-electron chi connectivity index (χ2n) is 6.94. The van der Waals surface area contributed by atoms with Gasteiger partial charge in [-0.1, -0.05) is 25.1 Å². The predicted octanol–water partition coefficient (Wildman–Crippen LogP) is 2.31. The second-order valence-corrected chi connectivity index (χ2v) is 6.94. The van der Waals surface area contributed by atoms with Gasteiger partial charge >= 0.3 is 6.18 Å². The Morgan fingerprint density at radius 2 is 1.81 bits per heavy atom. The Morgan fingerprint density at radius 3 is 2.31 bits per heavy atom. The van der Waals surface area contributed by atoms with Gasteiger partial charge in [-0.25, -0.2) is 0 Å². The smallest absolute Gasteiger partial charge is 0.373 e. The Bertz CT molecular complexity index is 661. The van der Waals surface area contributed by atoms with Crippen LogP contribution in [0.1, 0.15) is 30.6 Å². The first-order valence-corrected chi connectivity index (χ1v) is 8.37. The summed E-state index contributed by atoms with van der Waals surface area (Å²) in [6, 6.07) is 8.50. The van der Waals surface area contributed by atoms with Gasteiger partial charge in [0.05, 0.1) is 0 Å². The molecule has 1 saturated heterocycles. The van der Waals surface area contributed by atoms with Crippen LogP contribution in [-0.2, 0) is 4.79 Å². The number of likely N-dealkylation sites (tertiary alicyclic amines) is 1. The van der Waals surface area contributed by atoms with Crippen LogP contribution in [0.3, 0.4) is 0 Å². The van der Waals surface area contributed by atoms with E-state index in [1.54, 1.807) is 49.2 Å². The lowest BCUT2D eigenvalue weighted by Gasteiger charge is -2.43. The third kappa shape index (κ3) is 3.85. The highest BCUT2D eigenvalue weighted by atomic mass is 19.4. The molecule has 0 unspecified atom stereocenters. The SMILES string of the molecule is C[C@H]1CN(C(=O)[C@@](C)(O)C(F)(F)F)CC[C@H]1N(C)C(=O)c1ccccc1. The zero-order valence-corrected chi connectivity index (χ0v) is 15.0. The molecular formula is C18H23F3N2O3. The lowest BCUT2D eigenvalue weighted by Crippen LogP contribution is -2.60. The number of piperidine rings is 1. The van der Waals surface area contributed by atoms with Gasteiger partial charge in [-0.05, 0) is 31.4 Å². The van der Waals surface area contributed by atoms with Crippen molar-refractivity contribution in [3.63, 3.8) is 0 Å². The summed E-state index contributed by atoms with van der Waals surface area (Å²) in [7, 11) is 1.65. The van der Waals surface area contributed by atoms with Crippen molar-refractivity contribution in [2.24, 2.45) is 5.92 Å². The van der Waals surface area contributed by atoms with Crippen LogP contribution in [0.25, 0.3) is 0 Å². The van der Waals surface area contributed by atoms with Crippen molar-refractivity contribution in [1.82, 2.24) is 9.80 Å². The van der Waals surface area contributed by atoms with Crippen LogP contribution in [0.15, 0.2) is 30.3 Å². The number of alkyl halides is 3. The summed E-state index contributed by atoms with van der Waals surface area (Å²) in [5.74, 6) is -1.76. The Kier molecular flexibility index (Phi) is 5.65. The van der Waals surface area contributed by atoms with Crippen LogP contribution in [0.4, 0.5) is 13.2 Å². The Morgan fingerprint density at radius 1 is 1.23 bits per heavy atom. The number of benzene rings is 1. The number of hydrogen-bond donors (Lipinski definition) is 1. The topological polar surface area (TPSA) is 60.9 Å². The largest absolute Gasteiger partial charge is 0.426 e. The number of nitrogens with zero attached hydrogens (tertiary/aromatic N) is 2. The van der Waals surface area contributed by atoms with E-state index < -0.39 is 17.7 Å². The summed E-state index contributed by atoms with van der Waals surface area (Å²) >= 11 is 0. The van der Waals surface area contributed by atoms with Crippen molar-refractivity contribution in [1.29, 1.82) is 0 Å². The first kappa shape index (κ1) is 20.2. The fourth-order valence-electron chi connectivity index (χ4n) is 3.26. The number of halogens is 3. The number of aliphatic hydroxyl groups is 1. The Balaban J connectivity index is 2.06. The summed E-state index contributed by atoms with van der Waals surface area (Å²) in [4.78, 5) is 27.3. The zero-order chi connectivity index (χ0) is 19.7. The molecule has 8 heteroatoms. The third-order valence-electron chi connectivity index (χ3n) is 4.95. The molecule has 0 aliphatic carbocycles. The first-order chi connectivity index (χ1) is 12.0. The molecule has 1 fully saturated rings. The van der Waals surface area contributed by atoms with Gasteiger partial charge in [0.2, 0.25) is 5.60 Å². The van der Waals surface area contributed by atoms with Gasteiger partial charge in [-0.2, -0.15) is 13.2 Å². The normalized spacial score (nSPS) is 23.3. The third-order valence-corrected chi connectivity index (χ3v) is 4.95. The molecule has 0 spiro atoms. The molecule has 1 heterocycles. The van der Waals surface area contributed by atoms with E-state index in [-0.39, 0.29) is 31.0 Å². The molecule has 1 aliphatic heterocycles. The number of hydrogen-bond acceptors (Lipinski definition) is 3. The maximum absolute atomic E-state index is 12.9. The number of rotatable bonds is 3. The van der Waals surface area contributed by atoms with E-state index in [2.05, 4.69) is 0 Å². The lowest BCUT2D eigenvalue weighted by molar-refractivity contribution is -0.251. The molecular weight excluding hydrogens is 349 g/mol. The highest BCUT2D eigenvalue weighted by Crippen LogP contribution is 2.33. The van der Waals surface area contributed by atoms with Crippen molar-refractivity contribution in [3.8, 4) is 0 Å². The minimum Gasteiger partial charge on any atom is -0.373 e. The highest BCUT2D eigenvalue weighted by Gasteiger charge is 2.57. The maximum Gasteiger partial charge on any atom is 0.426 e. The summed E-state index contributed by atoms with van der Waals surface area (Å²) in [5, 5.41) is 9.59. The average molecular weight is 372 g/mol. The summed E-state index contributed by atoms with van der Waals surface area (Å²) < 4.78 is 38.7. The molecule has 26 heavy (non-hydrogen) atoms. The van der Waals surface area contributed by atoms with Crippen LogP contribution in [0.5, 0.6) is 0 Å². The molecule has 0 aromatic heterocycles. The van der Waals surface area contributed by atoms with Crippen molar-refractivity contribution in [2.45, 2.75) is 38.1 Å². The van der Waals surface area contributed by atoms with Gasteiger partial charge in [0.1, 0.15) is 0 Å². The Hall–Kier alpha value is -2.09. The molecule has 144 valence electrons. The molecule has 1 aromatic rings. The fraction of sp³-hybridized carbons (Fsp3) is 0.556. The van der Waals surface area contributed by atoms with E-state index in [1.165, 1.54) is 0 Å². The van der Waals surface area contributed by atoms with Crippen molar-refractivity contribution in [3.05, 3.63) is 35.9 Å².